The van der Waals surface area contributed by atoms with Gasteiger partial charge >= 0.3 is 0 Å². The van der Waals surface area contributed by atoms with Crippen LogP contribution in [0.5, 0.6) is 11.5 Å². The highest BCUT2D eigenvalue weighted by Gasteiger charge is 2.44. The lowest BCUT2D eigenvalue weighted by molar-refractivity contribution is -0.117. The maximum Gasteiger partial charge on any atom is 0.251 e. The molecule has 28 heavy (non-hydrogen) atoms. The molecule has 5 nitrogen and oxygen atoms in total. The molecule has 2 aromatic carbocycles. The third-order valence-corrected chi connectivity index (χ3v) is 5.29. The molecule has 0 radical (unpaired) electrons. The second kappa shape index (κ2) is 7.80. The highest BCUT2D eigenvalue weighted by Crippen LogP contribution is 2.47. The number of ether oxygens (including phenoxy) is 2. The van der Waals surface area contributed by atoms with E-state index in [0.717, 1.165) is 43.4 Å². The van der Waals surface area contributed by atoms with Crippen LogP contribution in [0.2, 0.25) is 0 Å². The predicted molar refractivity (Wildman–Crippen MR) is 105 cm³/mol. The minimum absolute atomic E-state index is 0.0870. The van der Waals surface area contributed by atoms with Crippen molar-refractivity contribution in [2.24, 2.45) is 0 Å². The minimum Gasteiger partial charge on any atom is -0.448 e. The number of benzene rings is 2. The van der Waals surface area contributed by atoms with E-state index < -0.39 is 5.79 Å². The van der Waals surface area contributed by atoms with Crippen molar-refractivity contribution in [1.82, 2.24) is 4.90 Å². The van der Waals surface area contributed by atoms with Gasteiger partial charge in [0.1, 0.15) is 5.82 Å². The molecule has 1 heterocycles. The summed E-state index contributed by atoms with van der Waals surface area (Å²) in [5.74, 6) is 0.627. The minimum atomic E-state index is -0.495. The first kappa shape index (κ1) is 18.7. The molecule has 1 amide bonds. The Balaban J connectivity index is 1.28. The standard InChI is InChI=1S/C22H25FN2O3/c1-25(13-10-16-4-6-17(23)7-5-16)15-21(26)24-18-8-9-19-20(14-18)28-22(27-19)11-2-3-12-22/h4-9,14H,2-3,10-13,15H2,1H3,(H,24,26). The molecule has 0 atom stereocenters. The Labute approximate surface area is 164 Å². The fraction of sp³-hybridized carbons (Fsp3) is 0.409. The zero-order valence-electron chi connectivity index (χ0n) is 16.0. The molecule has 1 N–H and O–H groups in total. The normalized spacial score (nSPS) is 16.7. The van der Waals surface area contributed by atoms with Crippen molar-refractivity contribution < 1.29 is 18.7 Å². The van der Waals surface area contributed by atoms with Crippen LogP contribution in [-0.2, 0) is 11.2 Å². The number of fused-ring (bicyclic) bond motifs is 1. The van der Waals surface area contributed by atoms with Crippen molar-refractivity contribution in [2.45, 2.75) is 37.9 Å². The third-order valence-electron chi connectivity index (χ3n) is 5.29. The number of halogens is 1. The van der Waals surface area contributed by atoms with Gasteiger partial charge in [0.2, 0.25) is 5.91 Å². The molecule has 0 bridgehead atoms. The van der Waals surface area contributed by atoms with Gasteiger partial charge in [-0.3, -0.25) is 9.69 Å². The molecule has 1 aliphatic carbocycles. The summed E-state index contributed by atoms with van der Waals surface area (Å²) in [5, 5.41) is 2.92. The molecule has 6 heteroatoms. The molecule has 148 valence electrons. The van der Waals surface area contributed by atoms with Gasteiger partial charge < -0.3 is 14.8 Å². The highest BCUT2D eigenvalue weighted by molar-refractivity contribution is 5.92. The maximum atomic E-state index is 13.0. The van der Waals surface area contributed by atoms with Crippen LogP contribution < -0.4 is 14.8 Å². The fourth-order valence-electron chi connectivity index (χ4n) is 3.79. The Morgan fingerprint density at radius 1 is 1.11 bits per heavy atom. The second-order valence-corrected chi connectivity index (χ2v) is 7.65. The van der Waals surface area contributed by atoms with Crippen molar-refractivity contribution in [1.29, 1.82) is 0 Å². The zero-order valence-corrected chi connectivity index (χ0v) is 16.0. The Morgan fingerprint density at radius 2 is 1.82 bits per heavy atom. The summed E-state index contributed by atoms with van der Waals surface area (Å²) >= 11 is 0. The number of carbonyl (C=O) groups is 1. The van der Waals surface area contributed by atoms with E-state index in [2.05, 4.69) is 5.32 Å². The van der Waals surface area contributed by atoms with E-state index in [9.17, 15) is 9.18 Å². The summed E-state index contributed by atoms with van der Waals surface area (Å²) in [6.45, 7) is 0.988. The third kappa shape index (κ3) is 4.28. The van der Waals surface area contributed by atoms with Gasteiger partial charge in [-0.1, -0.05) is 12.1 Å². The van der Waals surface area contributed by atoms with Crippen LogP contribution in [-0.4, -0.2) is 36.7 Å². The summed E-state index contributed by atoms with van der Waals surface area (Å²) in [7, 11) is 1.90. The zero-order chi connectivity index (χ0) is 19.6. The molecule has 1 aliphatic heterocycles. The smallest absolute Gasteiger partial charge is 0.251 e. The number of anilines is 1. The van der Waals surface area contributed by atoms with Gasteiger partial charge in [0.25, 0.3) is 5.79 Å². The van der Waals surface area contributed by atoms with Crippen molar-refractivity contribution in [3.8, 4) is 11.5 Å². The van der Waals surface area contributed by atoms with E-state index in [1.54, 1.807) is 12.1 Å². The van der Waals surface area contributed by atoms with Gasteiger partial charge in [-0.15, -0.1) is 0 Å². The van der Waals surface area contributed by atoms with Crippen LogP contribution in [0.4, 0.5) is 10.1 Å². The first-order valence-corrected chi connectivity index (χ1v) is 9.76. The summed E-state index contributed by atoms with van der Waals surface area (Å²) in [5.41, 5.74) is 1.75. The van der Waals surface area contributed by atoms with Crippen molar-refractivity contribution in [3.05, 3.63) is 53.8 Å². The van der Waals surface area contributed by atoms with Crippen LogP contribution in [0, 0.1) is 5.82 Å². The first-order chi connectivity index (χ1) is 13.5. The maximum absolute atomic E-state index is 13.0. The van der Waals surface area contributed by atoms with Gasteiger partial charge in [0, 0.05) is 31.1 Å². The topological polar surface area (TPSA) is 50.8 Å². The molecule has 0 saturated heterocycles. The van der Waals surface area contributed by atoms with Crippen LogP contribution in [0.1, 0.15) is 31.2 Å². The average molecular weight is 384 g/mol. The van der Waals surface area contributed by atoms with Crippen LogP contribution >= 0.6 is 0 Å². The SMILES string of the molecule is CN(CCc1ccc(F)cc1)CC(=O)Nc1ccc2c(c1)OC1(CCCC1)O2. The highest BCUT2D eigenvalue weighted by atomic mass is 19.1. The monoisotopic (exact) mass is 384 g/mol. The number of hydrogen-bond acceptors (Lipinski definition) is 4. The van der Waals surface area contributed by atoms with Gasteiger partial charge in [-0.2, -0.15) is 0 Å². The van der Waals surface area contributed by atoms with Crippen molar-refractivity contribution >= 4 is 11.6 Å². The molecule has 4 rings (SSSR count). The lowest BCUT2D eigenvalue weighted by Gasteiger charge is -2.21. The number of likely N-dealkylation sites (N-methyl/N-ethyl adjacent to an activating group) is 1. The second-order valence-electron chi connectivity index (χ2n) is 7.65. The molecule has 1 saturated carbocycles. The van der Waals surface area contributed by atoms with E-state index in [1.807, 2.05) is 30.1 Å². The predicted octanol–water partition coefficient (Wildman–Crippen LogP) is 3.98. The first-order valence-electron chi connectivity index (χ1n) is 9.76. The number of nitrogens with one attached hydrogen (secondary N) is 1. The van der Waals surface area contributed by atoms with E-state index in [-0.39, 0.29) is 18.3 Å². The van der Waals surface area contributed by atoms with E-state index in [0.29, 0.717) is 18.0 Å². The molecule has 0 aromatic heterocycles. The van der Waals surface area contributed by atoms with Gasteiger partial charge in [0.15, 0.2) is 11.5 Å². The molecule has 1 spiro atoms. The van der Waals surface area contributed by atoms with E-state index in [4.69, 9.17) is 9.47 Å². The van der Waals surface area contributed by atoms with Crippen LogP contribution in [0.15, 0.2) is 42.5 Å². The number of carbonyl (C=O) groups excluding carboxylic acids is 1. The molecule has 1 fully saturated rings. The fourth-order valence-corrected chi connectivity index (χ4v) is 3.79. The van der Waals surface area contributed by atoms with Gasteiger partial charge in [-0.25, -0.2) is 4.39 Å². The lowest BCUT2D eigenvalue weighted by atomic mass is 10.1. The summed E-state index contributed by atoms with van der Waals surface area (Å²) in [6, 6.07) is 12.0. The lowest BCUT2D eigenvalue weighted by Crippen LogP contribution is -2.34. The van der Waals surface area contributed by atoms with Crippen LogP contribution in [0.25, 0.3) is 0 Å². The van der Waals surface area contributed by atoms with E-state index in [1.165, 1.54) is 12.1 Å². The van der Waals surface area contributed by atoms with E-state index >= 15 is 0 Å². The van der Waals surface area contributed by atoms with Crippen molar-refractivity contribution in [3.63, 3.8) is 0 Å². The quantitative estimate of drug-likeness (QED) is 0.819. The van der Waals surface area contributed by atoms with Gasteiger partial charge in [0.05, 0.1) is 6.54 Å². The summed E-state index contributed by atoms with van der Waals surface area (Å²) in [6.07, 6.45) is 4.80. The van der Waals surface area contributed by atoms with Crippen molar-refractivity contribution in [2.75, 3.05) is 25.5 Å². The Bertz CT molecular complexity index is 847. The van der Waals surface area contributed by atoms with Crippen LogP contribution in [0.3, 0.4) is 0 Å². The van der Waals surface area contributed by atoms with Gasteiger partial charge in [-0.05, 0) is 56.1 Å². The molecule has 2 aromatic rings. The number of amides is 1. The molecule has 0 unspecified atom stereocenters. The number of hydrogen-bond donors (Lipinski definition) is 1. The Hall–Kier alpha value is -2.60. The average Bonchev–Trinajstić information content (AvgIpc) is 3.26. The Kier molecular flexibility index (Phi) is 5.22. The summed E-state index contributed by atoms with van der Waals surface area (Å²) in [4.78, 5) is 14.3. The molecular weight excluding hydrogens is 359 g/mol. The number of rotatable bonds is 6. The summed E-state index contributed by atoms with van der Waals surface area (Å²) < 4.78 is 25.0. The largest absolute Gasteiger partial charge is 0.448 e. The molecule has 2 aliphatic rings. The molecular formula is C22H25FN2O3. The Morgan fingerprint density at radius 3 is 2.57 bits per heavy atom. The number of nitrogens with zero attached hydrogens (tertiary/aromatic N) is 1.